The van der Waals surface area contributed by atoms with E-state index >= 15 is 0 Å². The van der Waals surface area contributed by atoms with E-state index < -0.39 is 17.2 Å². The number of esters is 1. The molecule has 0 aliphatic heterocycles. The Bertz CT molecular complexity index is 543. The van der Waals surface area contributed by atoms with Gasteiger partial charge in [-0.2, -0.15) is 0 Å². The predicted molar refractivity (Wildman–Crippen MR) is 71.3 cm³/mol. The number of rotatable bonds is 7. The lowest BCUT2D eigenvalue weighted by Crippen LogP contribution is -2.20. The van der Waals surface area contributed by atoms with Crippen molar-refractivity contribution in [3.05, 3.63) is 27.8 Å². The van der Waals surface area contributed by atoms with Gasteiger partial charge in [0.15, 0.2) is 5.78 Å². The molecule has 0 fully saturated rings. The lowest BCUT2D eigenvalue weighted by molar-refractivity contribution is 0.0477. The molecule has 0 saturated heterocycles. The van der Waals surface area contributed by atoms with Crippen molar-refractivity contribution in [2.45, 2.75) is 33.6 Å². The molecule has 0 amide bonds. The molecule has 0 radical (unpaired) electrons. The van der Waals surface area contributed by atoms with Crippen LogP contribution in [0.15, 0.2) is 15.5 Å². The van der Waals surface area contributed by atoms with Crippen molar-refractivity contribution < 1.29 is 23.5 Å². The van der Waals surface area contributed by atoms with Crippen LogP contribution in [0.1, 0.15) is 54.5 Å². The Morgan fingerprint density at radius 3 is 2.55 bits per heavy atom. The molecule has 0 spiro atoms. The van der Waals surface area contributed by atoms with Gasteiger partial charge in [0.2, 0.25) is 11.2 Å². The van der Waals surface area contributed by atoms with E-state index in [4.69, 9.17) is 13.9 Å². The van der Waals surface area contributed by atoms with Gasteiger partial charge in [0.1, 0.15) is 11.8 Å². The van der Waals surface area contributed by atoms with Gasteiger partial charge >= 0.3 is 5.97 Å². The molecule has 0 aromatic carbocycles. The molecule has 0 bridgehead atoms. The van der Waals surface area contributed by atoms with E-state index in [9.17, 15) is 14.4 Å². The number of Topliss-reactive ketones (excluding diaryl/α,β-unsaturated/α-hetero) is 1. The lowest BCUT2D eigenvalue weighted by Gasteiger charge is -2.09. The van der Waals surface area contributed by atoms with Crippen molar-refractivity contribution in [3.8, 4) is 5.75 Å². The Balaban J connectivity index is 3.22. The van der Waals surface area contributed by atoms with Crippen LogP contribution in [0.3, 0.4) is 0 Å². The molecule has 0 aliphatic carbocycles. The van der Waals surface area contributed by atoms with E-state index in [1.54, 1.807) is 6.92 Å². The van der Waals surface area contributed by atoms with Gasteiger partial charge in [0, 0.05) is 0 Å². The molecule has 0 saturated carbocycles. The monoisotopic (exact) mass is 282 g/mol. The second-order valence-electron chi connectivity index (χ2n) is 4.12. The van der Waals surface area contributed by atoms with Crippen LogP contribution in [0.5, 0.6) is 5.75 Å². The van der Waals surface area contributed by atoms with Crippen LogP contribution in [-0.4, -0.2) is 25.0 Å². The minimum atomic E-state index is -0.786. The van der Waals surface area contributed by atoms with Crippen LogP contribution in [0.25, 0.3) is 0 Å². The summed E-state index contributed by atoms with van der Waals surface area (Å²) in [6.45, 7) is 5.24. The second kappa shape index (κ2) is 7.47. The van der Waals surface area contributed by atoms with Crippen molar-refractivity contribution in [3.63, 3.8) is 0 Å². The molecule has 110 valence electrons. The quantitative estimate of drug-likeness (QED) is 0.433. The fourth-order valence-corrected chi connectivity index (χ4v) is 1.48. The summed E-state index contributed by atoms with van der Waals surface area (Å²) in [6, 6.07) is 0. The number of hydrogen-bond acceptors (Lipinski definition) is 6. The van der Waals surface area contributed by atoms with Gasteiger partial charge in [-0.3, -0.25) is 9.59 Å². The predicted octanol–water partition coefficient (Wildman–Crippen LogP) is 2.20. The first-order valence-corrected chi connectivity index (χ1v) is 6.49. The van der Waals surface area contributed by atoms with E-state index in [-0.39, 0.29) is 30.3 Å². The summed E-state index contributed by atoms with van der Waals surface area (Å²) in [5.41, 5.74) is -0.799. The fraction of sp³-hybridized carbons (Fsp3) is 0.500. The van der Waals surface area contributed by atoms with E-state index in [1.165, 1.54) is 6.92 Å². The van der Waals surface area contributed by atoms with Crippen molar-refractivity contribution >= 4 is 11.8 Å². The molecule has 1 aromatic heterocycles. The number of unbranched alkanes of at least 4 members (excludes halogenated alkanes) is 1. The zero-order valence-corrected chi connectivity index (χ0v) is 11.9. The molecular weight excluding hydrogens is 264 g/mol. The van der Waals surface area contributed by atoms with Crippen LogP contribution in [0.2, 0.25) is 0 Å². The van der Waals surface area contributed by atoms with Crippen LogP contribution < -0.4 is 10.2 Å². The average molecular weight is 282 g/mol. The molecule has 0 unspecified atom stereocenters. The highest BCUT2D eigenvalue weighted by Gasteiger charge is 2.24. The van der Waals surface area contributed by atoms with Crippen molar-refractivity contribution in [1.82, 2.24) is 0 Å². The van der Waals surface area contributed by atoms with Crippen LogP contribution in [0.4, 0.5) is 0 Å². The van der Waals surface area contributed by atoms with Crippen LogP contribution in [0, 0.1) is 0 Å². The smallest absolute Gasteiger partial charge is 0.378 e. The Morgan fingerprint density at radius 2 is 2.00 bits per heavy atom. The van der Waals surface area contributed by atoms with Gasteiger partial charge in [0.05, 0.1) is 13.2 Å². The third-order valence-corrected chi connectivity index (χ3v) is 2.54. The van der Waals surface area contributed by atoms with E-state index in [2.05, 4.69) is 0 Å². The molecule has 6 nitrogen and oxygen atoms in total. The lowest BCUT2D eigenvalue weighted by atomic mass is 10.2. The molecule has 6 heteroatoms. The highest BCUT2D eigenvalue weighted by molar-refractivity contribution is 5.95. The van der Waals surface area contributed by atoms with Crippen LogP contribution >= 0.6 is 0 Å². The normalized spacial score (nSPS) is 10.2. The third kappa shape index (κ3) is 3.69. The summed E-state index contributed by atoms with van der Waals surface area (Å²) in [4.78, 5) is 35.2. The van der Waals surface area contributed by atoms with Crippen molar-refractivity contribution in [1.29, 1.82) is 0 Å². The highest BCUT2D eigenvalue weighted by Crippen LogP contribution is 2.17. The number of ether oxygens (including phenoxy) is 2. The van der Waals surface area contributed by atoms with E-state index in [0.29, 0.717) is 6.42 Å². The molecule has 0 aliphatic rings. The minimum Gasteiger partial charge on any atom is -0.486 e. The van der Waals surface area contributed by atoms with Gasteiger partial charge in [-0.15, -0.1) is 0 Å². The maximum atomic E-state index is 12.1. The molecular formula is C14H18O6. The van der Waals surface area contributed by atoms with Crippen molar-refractivity contribution in [2.24, 2.45) is 0 Å². The second-order valence-corrected chi connectivity index (χ2v) is 4.12. The summed E-state index contributed by atoms with van der Waals surface area (Å²) in [7, 11) is 0. The third-order valence-electron chi connectivity index (χ3n) is 2.54. The SMILES string of the molecule is CCCCOc1c(C(=O)OCC)occ(C(C)=O)c1=O. The zero-order valence-electron chi connectivity index (χ0n) is 11.9. The van der Waals surface area contributed by atoms with Gasteiger partial charge < -0.3 is 13.9 Å². The highest BCUT2D eigenvalue weighted by atomic mass is 16.5. The Kier molecular flexibility index (Phi) is 5.96. The summed E-state index contributed by atoms with van der Waals surface area (Å²) in [5.74, 6) is -1.80. The van der Waals surface area contributed by atoms with Crippen molar-refractivity contribution in [2.75, 3.05) is 13.2 Å². The Morgan fingerprint density at radius 1 is 1.30 bits per heavy atom. The van der Waals surface area contributed by atoms with Crippen LogP contribution in [-0.2, 0) is 4.74 Å². The summed E-state index contributed by atoms with van der Waals surface area (Å²) in [5, 5.41) is 0. The Labute approximate surface area is 116 Å². The Hall–Kier alpha value is -2.11. The molecule has 20 heavy (non-hydrogen) atoms. The topological polar surface area (TPSA) is 82.8 Å². The number of carbonyl (C=O) groups excluding carboxylic acids is 2. The van der Waals surface area contributed by atoms with Gasteiger partial charge in [0.25, 0.3) is 5.76 Å². The molecule has 1 rings (SSSR count). The minimum absolute atomic E-state index is 0.144. The largest absolute Gasteiger partial charge is 0.486 e. The summed E-state index contributed by atoms with van der Waals surface area (Å²) < 4.78 is 15.2. The molecule has 1 aromatic rings. The molecule has 1 heterocycles. The average Bonchev–Trinajstić information content (AvgIpc) is 2.40. The molecule has 0 atom stereocenters. The maximum absolute atomic E-state index is 12.1. The van der Waals surface area contributed by atoms with Gasteiger partial charge in [-0.25, -0.2) is 4.79 Å². The zero-order chi connectivity index (χ0) is 15.1. The maximum Gasteiger partial charge on any atom is 0.378 e. The summed E-state index contributed by atoms with van der Waals surface area (Å²) in [6.07, 6.45) is 2.54. The first-order valence-electron chi connectivity index (χ1n) is 6.49. The summed E-state index contributed by atoms with van der Waals surface area (Å²) >= 11 is 0. The first-order chi connectivity index (χ1) is 9.52. The molecule has 0 N–H and O–H groups in total. The van der Waals surface area contributed by atoms with E-state index in [1.807, 2.05) is 6.92 Å². The van der Waals surface area contributed by atoms with Gasteiger partial charge in [-0.1, -0.05) is 13.3 Å². The van der Waals surface area contributed by atoms with E-state index in [0.717, 1.165) is 12.7 Å². The standard InChI is InChI=1S/C14H18O6/c1-4-6-7-19-12-11(16)10(9(3)15)8-20-13(12)14(17)18-5-2/h8H,4-7H2,1-3H3. The van der Waals surface area contributed by atoms with Gasteiger partial charge in [-0.05, 0) is 20.3 Å². The number of hydrogen-bond donors (Lipinski definition) is 0. The number of ketones is 1. The number of carbonyl (C=O) groups is 2. The first kappa shape index (κ1) is 15.9. The fourth-order valence-electron chi connectivity index (χ4n) is 1.48.